The van der Waals surface area contributed by atoms with Gasteiger partial charge in [0.1, 0.15) is 0 Å². The third-order valence-electron chi connectivity index (χ3n) is 7.77. The van der Waals surface area contributed by atoms with Crippen LogP contribution in [0.1, 0.15) is 68.9 Å². The van der Waals surface area contributed by atoms with Crippen LogP contribution in [-0.4, -0.2) is 59.1 Å². The number of fused-ring (bicyclic) bond motifs is 1. The predicted molar refractivity (Wildman–Crippen MR) is 128 cm³/mol. The fraction of sp³-hybridized carbons (Fsp3) is 0.640. The van der Waals surface area contributed by atoms with Crippen LogP contribution in [0.5, 0.6) is 0 Å². The maximum absolute atomic E-state index is 13.0. The summed E-state index contributed by atoms with van der Waals surface area (Å²) in [5, 5.41) is 4.51. The first-order valence-electron chi connectivity index (χ1n) is 12.6. The van der Waals surface area contributed by atoms with Crippen molar-refractivity contribution in [1.29, 1.82) is 0 Å². The largest absolute Gasteiger partial charge is 0.346 e. The number of imide groups is 1. The topological polar surface area (TPSA) is 90.4 Å². The summed E-state index contributed by atoms with van der Waals surface area (Å²) in [7, 11) is 0. The summed E-state index contributed by atoms with van der Waals surface area (Å²) in [5.41, 5.74) is 3.45. The molecule has 8 nitrogen and oxygen atoms in total. The molecular formula is C25H35N5O3. The zero-order chi connectivity index (χ0) is 22.9. The van der Waals surface area contributed by atoms with E-state index in [1.807, 2.05) is 6.07 Å². The number of nitrogens with one attached hydrogen (secondary N) is 2. The minimum absolute atomic E-state index is 0.292. The molecule has 0 aliphatic carbocycles. The van der Waals surface area contributed by atoms with Crippen LogP contribution in [0, 0.1) is 5.92 Å². The molecule has 8 heteroatoms. The Morgan fingerprint density at radius 2 is 1.67 bits per heavy atom. The quantitative estimate of drug-likeness (QED) is 0.678. The molecule has 2 aromatic rings. The molecule has 0 bridgehead atoms. The summed E-state index contributed by atoms with van der Waals surface area (Å²) < 4.78 is 1.27. The molecule has 3 aliphatic heterocycles. The number of aromatic amines is 1. The van der Waals surface area contributed by atoms with Gasteiger partial charge in [0.15, 0.2) is 0 Å². The van der Waals surface area contributed by atoms with E-state index in [9.17, 15) is 14.4 Å². The first-order chi connectivity index (χ1) is 16.1. The molecule has 33 heavy (non-hydrogen) atoms. The minimum atomic E-state index is -0.411. The van der Waals surface area contributed by atoms with Crippen molar-refractivity contribution in [3.05, 3.63) is 33.7 Å². The van der Waals surface area contributed by atoms with Gasteiger partial charge in [0, 0.05) is 19.4 Å². The highest BCUT2D eigenvalue weighted by atomic mass is 16.2. The molecule has 2 N–H and O–H groups in total. The fourth-order valence-electron chi connectivity index (χ4n) is 6.00. The van der Waals surface area contributed by atoms with E-state index >= 15 is 0 Å². The summed E-state index contributed by atoms with van der Waals surface area (Å²) in [5.74, 6) is 0.554. The van der Waals surface area contributed by atoms with E-state index in [4.69, 9.17) is 0 Å². The van der Waals surface area contributed by atoms with Crippen molar-refractivity contribution in [3.63, 3.8) is 0 Å². The number of imidazole rings is 1. The van der Waals surface area contributed by atoms with E-state index in [1.165, 1.54) is 35.2 Å². The monoisotopic (exact) mass is 453 g/mol. The van der Waals surface area contributed by atoms with Crippen LogP contribution in [0.25, 0.3) is 11.0 Å². The zero-order valence-electron chi connectivity index (χ0n) is 19.6. The Balaban J connectivity index is 1.43. The van der Waals surface area contributed by atoms with Crippen molar-refractivity contribution < 1.29 is 9.59 Å². The lowest BCUT2D eigenvalue weighted by Gasteiger charge is -2.36. The number of piperidine rings is 3. The fourth-order valence-corrected chi connectivity index (χ4v) is 6.00. The lowest BCUT2D eigenvalue weighted by molar-refractivity contribution is -0.131. The van der Waals surface area contributed by atoms with Crippen LogP contribution in [-0.2, 0) is 16.0 Å². The Hall–Kier alpha value is -2.45. The summed E-state index contributed by atoms with van der Waals surface area (Å²) in [6.45, 7) is 7.74. The smallest absolute Gasteiger partial charge is 0.317 e. The third-order valence-corrected chi connectivity index (χ3v) is 7.77. The van der Waals surface area contributed by atoms with E-state index in [0.717, 1.165) is 61.9 Å². The Morgan fingerprint density at radius 3 is 2.33 bits per heavy atom. The van der Waals surface area contributed by atoms with Gasteiger partial charge in [-0.2, -0.15) is 9.69 Å². The molecule has 0 atom stereocenters. The lowest BCUT2D eigenvalue weighted by Crippen LogP contribution is -2.51. The molecule has 2 amide bonds. The number of amides is 2. The number of hydrogen-bond donors (Lipinski definition) is 2. The highest BCUT2D eigenvalue weighted by molar-refractivity contribution is 6.11. The second kappa shape index (κ2) is 9.43. The number of aromatic nitrogens is 2. The number of H-pyrrole nitrogens is 1. The number of carbonyl (C=O) groups excluding carboxylic acids is 2. The zero-order valence-corrected chi connectivity index (χ0v) is 19.6. The highest BCUT2D eigenvalue weighted by Crippen LogP contribution is 2.35. The molecule has 0 radical (unpaired) electrons. The number of rotatable bonds is 5. The maximum atomic E-state index is 13.0. The molecule has 3 fully saturated rings. The second-order valence-corrected chi connectivity index (χ2v) is 9.85. The molecule has 3 aliphatic rings. The molecule has 0 spiro atoms. The van der Waals surface area contributed by atoms with Crippen LogP contribution in [0.4, 0.5) is 0 Å². The number of likely N-dealkylation sites (tertiary alicyclic amines) is 1. The Labute approximate surface area is 194 Å². The van der Waals surface area contributed by atoms with E-state index in [2.05, 4.69) is 28.2 Å². The number of nitrogens with zero attached hydrogens (tertiary/aromatic N) is 3. The second-order valence-electron chi connectivity index (χ2n) is 9.85. The van der Waals surface area contributed by atoms with E-state index < -0.39 is 5.69 Å². The van der Waals surface area contributed by atoms with Crippen molar-refractivity contribution in [1.82, 2.24) is 19.9 Å². The minimum Gasteiger partial charge on any atom is -0.317 e. The molecule has 4 heterocycles. The highest BCUT2D eigenvalue weighted by Gasteiger charge is 2.32. The Kier molecular flexibility index (Phi) is 6.38. The average molecular weight is 454 g/mol. The standard InChI is InChI=1S/C25H35N5O3/c1-2-18-6-7-20-24(27-25(33)29(20)30-21(31)4-3-5-22(30)32)23(18)19-10-14-28(15-11-19)16-17-8-12-26-13-9-17/h6-7,17,19,26H,2-5,8-16H2,1H3,(H,27,33). The van der Waals surface area contributed by atoms with Crippen LogP contribution < -0.4 is 16.0 Å². The van der Waals surface area contributed by atoms with E-state index in [1.54, 1.807) is 0 Å². The summed E-state index contributed by atoms with van der Waals surface area (Å²) in [4.78, 5) is 43.7. The molecule has 178 valence electrons. The van der Waals surface area contributed by atoms with Gasteiger partial charge in [0.2, 0.25) is 11.8 Å². The number of hydrogen-bond acceptors (Lipinski definition) is 5. The third kappa shape index (κ3) is 4.26. The van der Waals surface area contributed by atoms with Crippen LogP contribution in [0.15, 0.2) is 16.9 Å². The van der Waals surface area contributed by atoms with Crippen LogP contribution in [0.3, 0.4) is 0 Å². The molecule has 0 unspecified atom stereocenters. The maximum Gasteiger partial charge on any atom is 0.346 e. The first kappa shape index (κ1) is 22.3. The van der Waals surface area contributed by atoms with Crippen molar-refractivity contribution >= 4 is 22.8 Å². The van der Waals surface area contributed by atoms with Gasteiger partial charge < -0.3 is 15.2 Å². The van der Waals surface area contributed by atoms with Crippen molar-refractivity contribution in [2.24, 2.45) is 5.92 Å². The van der Waals surface area contributed by atoms with Crippen molar-refractivity contribution in [2.45, 2.75) is 64.2 Å². The average Bonchev–Trinajstić information content (AvgIpc) is 3.15. The SMILES string of the molecule is CCc1ccc2c([nH]c(=O)n2N2C(=O)CCCC2=O)c1C1CCN(CC2CCNCC2)CC1. The van der Waals surface area contributed by atoms with Crippen LogP contribution >= 0.6 is 0 Å². The molecular weight excluding hydrogens is 418 g/mol. The van der Waals surface area contributed by atoms with E-state index in [0.29, 0.717) is 30.7 Å². The normalized spacial score (nSPS) is 21.9. The predicted octanol–water partition coefficient (Wildman–Crippen LogP) is 2.25. The lowest BCUT2D eigenvalue weighted by atomic mass is 9.84. The van der Waals surface area contributed by atoms with Gasteiger partial charge in [0.25, 0.3) is 0 Å². The summed E-state index contributed by atoms with van der Waals surface area (Å²) >= 11 is 0. The van der Waals surface area contributed by atoms with E-state index in [-0.39, 0.29) is 11.8 Å². The van der Waals surface area contributed by atoms with Gasteiger partial charge in [-0.3, -0.25) is 9.59 Å². The van der Waals surface area contributed by atoms with Gasteiger partial charge in [-0.1, -0.05) is 13.0 Å². The molecule has 1 aromatic heterocycles. The molecule has 5 rings (SSSR count). The number of benzene rings is 1. The number of carbonyl (C=O) groups is 2. The molecule has 3 saturated heterocycles. The summed E-state index contributed by atoms with van der Waals surface area (Å²) in [6, 6.07) is 3.96. The van der Waals surface area contributed by atoms with Gasteiger partial charge in [-0.05, 0) is 93.7 Å². The molecule has 1 aromatic carbocycles. The van der Waals surface area contributed by atoms with Gasteiger partial charge >= 0.3 is 5.69 Å². The molecule has 0 saturated carbocycles. The summed E-state index contributed by atoms with van der Waals surface area (Å²) in [6.07, 6.45) is 6.67. The van der Waals surface area contributed by atoms with Gasteiger partial charge in [-0.15, -0.1) is 0 Å². The van der Waals surface area contributed by atoms with Crippen LogP contribution in [0.2, 0.25) is 0 Å². The Morgan fingerprint density at radius 1 is 0.970 bits per heavy atom. The number of aryl methyl sites for hydroxylation is 1. The van der Waals surface area contributed by atoms with Crippen molar-refractivity contribution in [2.75, 3.05) is 37.7 Å². The first-order valence-corrected chi connectivity index (χ1v) is 12.6. The Bertz CT molecular complexity index is 1070. The van der Waals surface area contributed by atoms with Crippen molar-refractivity contribution in [3.8, 4) is 0 Å². The van der Waals surface area contributed by atoms with Gasteiger partial charge in [-0.25, -0.2) is 4.79 Å². The van der Waals surface area contributed by atoms with Gasteiger partial charge in [0.05, 0.1) is 11.0 Å².